The number of rotatable bonds is 8. The number of carbonyl (C=O) groups is 2. The van der Waals surface area contributed by atoms with E-state index in [0.717, 1.165) is 5.56 Å². The predicted molar refractivity (Wildman–Crippen MR) is 92.9 cm³/mol. The Morgan fingerprint density at radius 2 is 1.84 bits per heavy atom. The molecule has 2 amide bonds. The highest BCUT2D eigenvalue weighted by atomic mass is 16.5. The van der Waals surface area contributed by atoms with Gasteiger partial charge < -0.3 is 24.4 Å². The first kappa shape index (κ1) is 19.1. The van der Waals surface area contributed by atoms with E-state index in [-0.39, 0.29) is 24.7 Å². The van der Waals surface area contributed by atoms with Gasteiger partial charge in [-0.25, -0.2) is 0 Å². The van der Waals surface area contributed by atoms with Crippen molar-refractivity contribution >= 4 is 11.8 Å². The number of morpholine rings is 1. The number of hydrogen-bond acceptors (Lipinski definition) is 5. The third-order valence-corrected chi connectivity index (χ3v) is 4.11. The molecule has 1 heterocycles. The monoisotopic (exact) mass is 350 g/mol. The van der Waals surface area contributed by atoms with Crippen LogP contribution in [0.4, 0.5) is 0 Å². The van der Waals surface area contributed by atoms with Gasteiger partial charge in [-0.05, 0) is 24.1 Å². The van der Waals surface area contributed by atoms with E-state index in [1.807, 2.05) is 18.2 Å². The van der Waals surface area contributed by atoms with Crippen molar-refractivity contribution in [1.29, 1.82) is 0 Å². The van der Waals surface area contributed by atoms with Crippen molar-refractivity contribution in [2.24, 2.45) is 0 Å². The number of carbonyl (C=O) groups excluding carboxylic acids is 2. The highest BCUT2D eigenvalue weighted by Gasteiger charge is 2.17. The standard InChI is InChI=1S/C18H26N2O5/c1-23-15-4-3-14(13-16(15)24-2)7-8-19-17(21)5-6-18(22)20-9-11-25-12-10-20/h3-4,13H,5-12H2,1-2H3,(H,19,21). The van der Waals surface area contributed by atoms with E-state index in [9.17, 15) is 9.59 Å². The van der Waals surface area contributed by atoms with Gasteiger partial charge in [-0.15, -0.1) is 0 Å². The topological polar surface area (TPSA) is 77.1 Å². The quantitative estimate of drug-likeness (QED) is 0.757. The Bertz CT molecular complexity index is 585. The second-order valence-electron chi connectivity index (χ2n) is 5.78. The number of nitrogens with one attached hydrogen (secondary N) is 1. The first-order valence-corrected chi connectivity index (χ1v) is 8.47. The van der Waals surface area contributed by atoms with Crippen LogP contribution in [0.1, 0.15) is 18.4 Å². The fourth-order valence-corrected chi connectivity index (χ4v) is 2.66. The molecule has 0 aliphatic carbocycles. The molecule has 25 heavy (non-hydrogen) atoms. The molecule has 7 heteroatoms. The van der Waals surface area contributed by atoms with Crippen molar-refractivity contribution in [3.05, 3.63) is 23.8 Å². The minimum atomic E-state index is -0.109. The molecule has 0 bridgehead atoms. The largest absolute Gasteiger partial charge is 0.493 e. The van der Waals surface area contributed by atoms with Crippen LogP contribution in [-0.4, -0.2) is 63.8 Å². The maximum Gasteiger partial charge on any atom is 0.223 e. The van der Waals surface area contributed by atoms with Gasteiger partial charge >= 0.3 is 0 Å². The SMILES string of the molecule is COc1ccc(CCNC(=O)CCC(=O)N2CCOCC2)cc1OC. The molecule has 1 saturated heterocycles. The molecule has 1 N–H and O–H groups in total. The van der Waals surface area contributed by atoms with Crippen LogP contribution in [0, 0.1) is 0 Å². The molecule has 0 radical (unpaired) electrons. The van der Waals surface area contributed by atoms with E-state index in [1.165, 1.54) is 0 Å². The van der Waals surface area contributed by atoms with Crippen LogP contribution < -0.4 is 14.8 Å². The van der Waals surface area contributed by atoms with Gasteiger partial charge in [-0.2, -0.15) is 0 Å². The molecule has 0 saturated carbocycles. The Morgan fingerprint density at radius 3 is 2.52 bits per heavy atom. The summed E-state index contributed by atoms with van der Waals surface area (Å²) in [5.41, 5.74) is 1.04. The number of ether oxygens (including phenoxy) is 3. The Balaban J connectivity index is 1.69. The maximum atomic E-state index is 12.0. The zero-order chi connectivity index (χ0) is 18.1. The van der Waals surface area contributed by atoms with Crippen LogP contribution >= 0.6 is 0 Å². The van der Waals surface area contributed by atoms with E-state index >= 15 is 0 Å². The summed E-state index contributed by atoms with van der Waals surface area (Å²) in [5.74, 6) is 1.25. The van der Waals surface area contributed by atoms with E-state index in [4.69, 9.17) is 14.2 Å². The third kappa shape index (κ3) is 5.94. The normalized spacial score (nSPS) is 14.1. The second kappa shape index (κ2) is 9.88. The molecule has 1 aromatic rings. The lowest BCUT2D eigenvalue weighted by atomic mass is 10.1. The lowest BCUT2D eigenvalue weighted by molar-refractivity contribution is -0.137. The lowest BCUT2D eigenvalue weighted by Gasteiger charge is -2.26. The summed E-state index contributed by atoms with van der Waals surface area (Å²) in [5, 5.41) is 2.85. The first-order valence-electron chi connectivity index (χ1n) is 8.47. The van der Waals surface area contributed by atoms with Gasteiger partial charge in [0.05, 0.1) is 27.4 Å². The molecule has 0 aromatic heterocycles. The first-order chi connectivity index (χ1) is 12.1. The van der Waals surface area contributed by atoms with Crippen LogP contribution in [0.15, 0.2) is 18.2 Å². The molecule has 1 aromatic carbocycles. The highest BCUT2D eigenvalue weighted by molar-refractivity contribution is 5.83. The molecule has 1 aliphatic heterocycles. The number of amides is 2. The molecule has 1 fully saturated rings. The second-order valence-corrected chi connectivity index (χ2v) is 5.78. The van der Waals surface area contributed by atoms with Crippen LogP contribution in [0.25, 0.3) is 0 Å². The van der Waals surface area contributed by atoms with Gasteiger partial charge in [-0.1, -0.05) is 6.07 Å². The molecule has 0 spiro atoms. The summed E-state index contributed by atoms with van der Waals surface area (Å²) in [7, 11) is 3.19. The van der Waals surface area contributed by atoms with Crippen molar-refractivity contribution in [3.8, 4) is 11.5 Å². The number of benzene rings is 1. The fourth-order valence-electron chi connectivity index (χ4n) is 2.66. The van der Waals surface area contributed by atoms with Crippen LogP contribution in [-0.2, 0) is 20.7 Å². The molecular weight excluding hydrogens is 324 g/mol. The van der Waals surface area contributed by atoms with Crippen molar-refractivity contribution in [3.63, 3.8) is 0 Å². The predicted octanol–water partition coefficient (Wildman–Crippen LogP) is 1.00. The average Bonchev–Trinajstić information content (AvgIpc) is 2.66. The summed E-state index contributed by atoms with van der Waals surface area (Å²) >= 11 is 0. The summed E-state index contributed by atoms with van der Waals surface area (Å²) in [6, 6.07) is 5.68. The Labute approximate surface area is 148 Å². The van der Waals surface area contributed by atoms with Gasteiger partial charge in [0.15, 0.2) is 11.5 Å². The summed E-state index contributed by atoms with van der Waals surface area (Å²) < 4.78 is 15.7. The molecular formula is C18H26N2O5. The van der Waals surface area contributed by atoms with Crippen molar-refractivity contribution in [2.75, 3.05) is 47.1 Å². The van der Waals surface area contributed by atoms with Crippen molar-refractivity contribution < 1.29 is 23.8 Å². The van der Waals surface area contributed by atoms with Crippen molar-refractivity contribution in [1.82, 2.24) is 10.2 Å². The molecule has 0 unspecified atom stereocenters. The number of nitrogens with zero attached hydrogens (tertiary/aromatic N) is 1. The molecule has 2 rings (SSSR count). The third-order valence-electron chi connectivity index (χ3n) is 4.11. The highest BCUT2D eigenvalue weighted by Crippen LogP contribution is 2.27. The summed E-state index contributed by atoms with van der Waals surface area (Å²) in [4.78, 5) is 25.6. The molecule has 138 valence electrons. The minimum Gasteiger partial charge on any atom is -0.493 e. The van der Waals surface area contributed by atoms with Crippen LogP contribution in [0.2, 0.25) is 0 Å². The Morgan fingerprint density at radius 1 is 1.12 bits per heavy atom. The number of methoxy groups -OCH3 is 2. The molecule has 0 atom stereocenters. The van der Waals surface area contributed by atoms with Gasteiger partial charge in [0.2, 0.25) is 11.8 Å². The van der Waals surface area contributed by atoms with Gasteiger partial charge in [0.25, 0.3) is 0 Å². The summed E-state index contributed by atoms with van der Waals surface area (Å²) in [6.45, 7) is 2.88. The average molecular weight is 350 g/mol. The van der Waals surface area contributed by atoms with Gasteiger partial charge in [0.1, 0.15) is 0 Å². The Kier molecular flexibility index (Phi) is 7.53. The van der Waals surface area contributed by atoms with Crippen molar-refractivity contribution in [2.45, 2.75) is 19.3 Å². The van der Waals surface area contributed by atoms with Gasteiger partial charge in [0, 0.05) is 32.5 Å². The fraction of sp³-hybridized carbons (Fsp3) is 0.556. The zero-order valence-electron chi connectivity index (χ0n) is 14.9. The zero-order valence-corrected chi connectivity index (χ0v) is 14.9. The summed E-state index contributed by atoms with van der Waals surface area (Å²) in [6.07, 6.45) is 1.13. The molecule has 1 aliphatic rings. The minimum absolute atomic E-state index is 0.0124. The molecule has 7 nitrogen and oxygen atoms in total. The smallest absolute Gasteiger partial charge is 0.223 e. The van der Waals surface area contributed by atoms with E-state index in [0.29, 0.717) is 50.8 Å². The van der Waals surface area contributed by atoms with E-state index < -0.39 is 0 Å². The maximum absolute atomic E-state index is 12.0. The number of hydrogen-bond donors (Lipinski definition) is 1. The lowest BCUT2D eigenvalue weighted by Crippen LogP contribution is -2.41. The van der Waals surface area contributed by atoms with Gasteiger partial charge in [-0.3, -0.25) is 9.59 Å². The Hall–Kier alpha value is -2.28. The van der Waals surface area contributed by atoms with E-state index in [2.05, 4.69) is 5.32 Å². The van der Waals surface area contributed by atoms with Crippen LogP contribution in [0.5, 0.6) is 11.5 Å². The van der Waals surface area contributed by atoms with Crippen LogP contribution in [0.3, 0.4) is 0 Å². The van der Waals surface area contributed by atoms with E-state index in [1.54, 1.807) is 19.1 Å².